The number of hydrogen-bond acceptors (Lipinski definition) is 6. The summed E-state index contributed by atoms with van der Waals surface area (Å²) in [7, 11) is -3.99. The van der Waals surface area contributed by atoms with Crippen LogP contribution in [0.4, 0.5) is 10.5 Å². The molecule has 1 atom stereocenters. The highest BCUT2D eigenvalue weighted by Gasteiger charge is 2.24. The van der Waals surface area contributed by atoms with Gasteiger partial charge in [0, 0.05) is 24.7 Å². The van der Waals surface area contributed by atoms with Gasteiger partial charge in [-0.15, -0.1) is 0 Å². The predicted molar refractivity (Wildman–Crippen MR) is 101 cm³/mol. The van der Waals surface area contributed by atoms with Crippen molar-refractivity contribution in [3.63, 3.8) is 0 Å². The third-order valence-electron chi connectivity index (χ3n) is 3.98. The first kappa shape index (κ1) is 22.8. The van der Waals surface area contributed by atoms with E-state index < -0.39 is 27.1 Å². The van der Waals surface area contributed by atoms with E-state index in [2.05, 4.69) is 10.0 Å². The van der Waals surface area contributed by atoms with Crippen molar-refractivity contribution in [2.24, 2.45) is 5.92 Å². The van der Waals surface area contributed by atoms with Gasteiger partial charge < -0.3 is 10.1 Å². The summed E-state index contributed by atoms with van der Waals surface area (Å²) in [6, 6.07) is 1.90. The molecule has 0 fully saturated rings. The first-order valence-electron chi connectivity index (χ1n) is 8.66. The highest BCUT2D eigenvalue weighted by molar-refractivity contribution is 7.89. The molecule has 152 valence electrons. The number of benzene rings is 1. The number of nitro groups is 1. The lowest BCUT2D eigenvalue weighted by Gasteiger charge is -2.21. The normalized spacial score (nSPS) is 12.7. The zero-order valence-electron chi connectivity index (χ0n) is 16.2. The summed E-state index contributed by atoms with van der Waals surface area (Å²) in [5, 5.41) is 13.7. The minimum Gasteiger partial charge on any atom is -0.450 e. The maximum atomic E-state index is 12.7. The number of aryl methyl sites for hydroxylation is 1. The second kappa shape index (κ2) is 9.65. The number of non-ortho nitro benzene ring substituents is 1. The molecule has 9 nitrogen and oxygen atoms in total. The van der Waals surface area contributed by atoms with E-state index in [4.69, 9.17) is 4.74 Å². The molecule has 0 saturated carbocycles. The van der Waals surface area contributed by atoms with Crippen LogP contribution in [0.2, 0.25) is 0 Å². The van der Waals surface area contributed by atoms with E-state index in [1.807, 2.05) is 13.8 Å². The van der Waals surface area contributed by atoms with E-state index in [-0.39, 0.29) is 29.7 Å². The fraction of sp³-hybridized carbons (Fsp3) is 0.588. The number of rotatable bonds is 9. The Bertz CT molecular complexity index is 792. The lowest BCUT2D eigenvalue weighted by molar-refractivity contribution is -0.385. The van der Waals surface area contributed by atoms with Crippen molar-refractivity contribution in [1.82, 2.24) is 10.0 Å². The maximum Gasteiger partial charge on any atom is 0.407 e. The number of carbonyl (C=O) groups is 1. The van der Waals surface area contributed by atoms with Crippen molar-refractivity contribution in [2.45, 2.75) is 52.0 Å². The Hall–Kier alpha value is -2.20. The van der Waals surface area contributed by atoms with Crippen molar-refractivity contribution in [2.75, 3.05) is 13.2 Å². The number of ether oxygens (including phenoxy) is 1. The van der Waals surface area contributed by atoms with Crippen LogP contribution in [0.15, 0.2) is 17.0 Å². The van der Waals surface area contributed by atoms with Crippen molar-refractivity contribution in [3.05, 3.63) is 33.4 Å². The van der Waals surface area contributed by atoms with E-state index in [0.717, 1.165) is 6.07 Å². The zero-order valence-corrected chi connectivity index (χ0v) is 17.1. The molecule has 2 N–H and O–H groups in total. The van der Waals surface area contributed by atoms with Crippen LogP contribution < -0.4 is 10.0 Å². The van der Waals surface area contributed by atoms with Crippen molar-refractivity contribution < 1.29 is 22.9 Å². The SMILES string of the molecule is CCOC(=O)NC(CNS(=O)(=O)c1cc([N+](=O)[O-])cc(C)c1C)CC(C)C. The summed E-state index contributed by atoms with van der Waals surface area (Å²) >= 11 is 0. The highest BCUT2D eigenvalue weighted by Crippen LogP contribution is 2.25. The van der Waals surface area contributed by atoms with Gasteiger partial charge >= 0.3 is 6.09 Å². The van der Waals surface area contributed by atoms with Gasteiger partial charge in [0.15, 0.2) is 0 Å². The van der Waals surface area contributed by atoms with Gasteiger partial charge in [0.25, 0.3) is 5.69 Å². The summed E-state index contributed by atoms with van der Waals surface area (Å²) in [6.45, 7) is 8.93. The number of nitrogens with one attached hydrogen (secondary N) is 2. The van der Waals surface area contributed by atoms with E-state index in [0.29, 0.717) is 17.5 Å². The summed E-state index contributed by atoms with van der Waals surface area (Å²) in [5.74, 6) is 0.211. The third-order valence-corrected chi connectivity index (χ3v) is 5.53. The molecule has 1 amide bonds. The zero-order chi connectivity index (χ0) is 20.8. The monoisotopic (exact) mass is 401 g/mol. The van der Waals surface area contributed by atoms with Gasteiger partial charge in [-0.1, -0.05) is 13.8 Å². The summed E-state index contributed by atoms with van der Waals surface area (Å²) in [4.78, 5) is 21.9. The van der Waals surface area contributed by atoms with Crippen LogP contribution in [0.1, 0.15) is 38.3 Å². The molecule has 1 aromatic rings. The molecule has 0 saturated heterocycles. The molecule has 1 aromatic carbocycles. The number of amides is 1. The lowest BCUT2D eigenvalue weighted by Crippen LogP contribution is -2.44. The van der Waals surface area contributed by atoms with Gasteiger partial charge in [0.2, 0.25) is 10.0 Å². The average molecular weight is 401 g/mol. The third kappa shape index (κ3) is 6.79. The first-order chi connectivity index (χ1) is 12.5. The topological polar surface area (TPSA) is 128 Å². The van der Waals surface area contributed by atoms with E-state index in [9.17, 15) is 23.3 Å². The Labute approximate surface area is 159 Å². The van der Waals surface area contributed by atoms with Crippen LogP contribution >= 0.6 is 0 Å². The van der Waals surface area contributed by atoms with Crippen molar-refractivity contribution >= 4 is 21.8 Å². The van der Waals surface area contributed by atoms with Crippen molar-refractivity contribution in [1.29, 1.82) is 0 Å². The molecule has 0 aliphatic heterocycles. The minimum atomic E-state index is -3.99. The number of alkyl carbamates (subject to hydrolysis) is 1. The van der Waals surface area contributed by atoms with Crippen LogP contribution in [0.3, 0.4) is 0 Å². The van der Waals surface area contributed by atoms with Crippen LogP contribution in [-0.4, -0.2) is 38.6 Å². The standard InChI is InChI=1S/C17H27N3O6S/c1-6-26-17(21)19-14(7-11(2)3)10-18-27(24,25)16-9-15(20(22)23)8-12(4)13(16)5/h8-9,11,14,18H,6-7,10H2,1-5H3,(H,19,21). The quantitative estimate of drug-likeness (QED) is 0.484. The van der Waals surface area contributed by atoms with Gasteiger partial charge in [-0.3, -0.25) is 10.1 Å². The smallest absolute Gasteiger partial charge is 0.407 e. The van der Waals surface area contributed by atoms with Crippen LogP contribution in [0.25, 0.3) is 0 Å². The highest BCUT2D eigenvalue weighted by atomic mass is 32.2. The van der Waals surface area contributed by atoms with E-state index in [1.54, 1.807) is 20.8 Å². The number of nitrogens with zero attached hydrogens (tertiary/aromatic N) is 1. The minimum absolute atomic E-state index is 0.0551. The largest absolute Gasteiger partial charge is 0.450 e. The molecule has 1 rings (SSSR count). The lowest BCUT2D eigenvalue weighted by atomic mass is 10.0. The Balaban J connectivity index is 3.04. The molecule has 0 heterocycles. The van der Waals surface area contributed by atoms with Gasteiger partial charge in [0.05, 0.1) is 16.4 Å². The molecule has 27 heavy (non-hydrogen) atoms. The number of hydrogen-bond donors (Lipinski definition) is 2. The molecular weight excluding hydrogens is 374 g/mol. The number of nitro benzene ring substituents is 1. The van der Waals surface area contributed by atoms with Gasteiger partial charge in [-0.2, -0.15) is 0 Å². The van der Waals surface area contributed by atoms with E-state index in [1.165, 1.54) is 6.07 Å². The summed E-state index contributed by atoms with van der Waals surface area (Å²) in [6.07, 6.45) is -0.0846. The van der Waals surface area contributed by atoms with E-state index >= 15 is 0 Å². The molecule has 0 aliphatic carbocycles. The second-order valence-corrected chi connectivity index (χ2v) is 8.42. The molecule has 0 aliphatic rings. The Morgan fingerprint density at radius 3 is 2.44 bits per heavy atom. The van der Waals surface area contributed by atoms with Gasteiger partial charge in [-0.05, 0) is 44.2 Å². The van der Waals surface area contributed by atoms with Crippen molar-refractivity contribution in [3.8, 4) is 0 Å². The first-order valence-corrected chi connectivity index (χ1v) is 10.1. The molecular formula is C17H27N3O6S. The Morgan fingerprint density at radius 2 is 1.93 bits per heavy atom. The van der Waals surface area contributed by atoms with Crippen LogP contribution in [0.5, 0.6) is 0 Å². The molecule has 0 aromatic heterocycles. The van der Waals surface area contributed by atoms with Gasteiger partial charge in [0.1, 0.15) is 0 Å². The summed E-state index contributed by atoms with van der Waals surface area (Å²) in [5.41, 5.74) is 0.654. The molecule has 1 unspecified atom stereocenters. The second-order valence-electron chi connectivity index (χ2n) is 6.69. The molecule has 0 spiro atoms. The number of carbonyl (C=O) groups excluding carboxylic acids is 1. The Kier molecular flexibility index (Phi) is 8.17. The molecule has 0 radical (unpaired) electrons. The summed E-state index contributed by atoms with van der Waals surface area (Å²) < 4.78 is 32.7. The van der Waals surface area contributed by atoms with Crippen LogP contribution in [0, 0.1) is 29.9 Å². The number of sulfonamides is 1. The molecule has 10 heteroatoms. The van der Waals surface area contributed by atoms with Gasteiger partial charge in [-0.25, -0.2) is 17.9 Å². The predicted octanol–water partition coefficient (Wildman–Crippen LogP) is 2.65. The fourth-order valence-electron chi connectivity index (χ4n) is 2.58. The maximum absolute atomic E-state index is 12.7. The fourth-order valence-corrected chi connectivity index (χ4v) is 4.00. The average Bonchev–Trinajstić information content (AvgIpc) is 2.54. The van der Waals surface area contributed by atoms with Crippen LogP contribution in [-0.2, 0) is 14.8 Å². The molecule has 0 bridgehead atoms. The Morgan fingerprint density at radius 1 is 1.30 bits per heavy atom.